The van der Waals surface area contributed by atoms with Crippen molar-refractivity contribution in [1.82, 2.24) is 4.98 Å². The van der Waals surface area contributed by atoms with Gasteiger partial charge in [0.25, 0.3) is 5.91 Å². The van der Waals surface area contributed by atoms with E-state index in [-0.39, 0.29) is 18.2 Å². The number of benzene rings is 1. The molecule has 0 bridgehead atoms. The molecule has 0 fully saturated rings. The van der Waals surface area contributed by atoms with E-state index in [1.807, 2.05) is 6.07 Å². The van der Waals surface area contributed by atoms with Crippen LogP contribution in [0.5, 0.6) is 5.75 Å². The third-order valence-corrected chi connectivity index (χ3v) is 2.66. The molecule has 0 saturated carbocycles. The molecule has 0 unspecified atom stereocenters. The molecule has 0 aliphatic carbocycles. The highest BCUT2D eigenvalue weighted by atomic mass is 16.5. The second kappa shape index (κ2) is 7.08. The largest absolute Gasteiger partial charge is 0.495 e. The molecule has 2 N–H and O–H groups in total. The lowest BCUT2D eigenvalue weighted by Gasteiger charge is -2.09. The number of para-hydroxylation sites is 2. The Bertz CT molecular complexity index is 685. The Kier molecular flexibility index (Phi) is 4.91. The van der Waals surface area contributed by atoms with Gasteiger partial charge in [-0.25, -0.2) is 4.98 Å². The summed E-state index contributed by atoms with van der Waals surface area (Å²) in [4.78, 5) is 16.1. The van der Waals surface area contributed by atoms with E-state index in [0.29, 0.717) is 17.0 Å². The first kappa shape index (κ1) is 14.6. The molecule has 0 spiro atoms. The van der Waals surface area contributed by atoms with Crippen LogP contribution >= 0.6 is 0 Å². The summed E-state index contributed by atoms with van der Waals surface area (Å²) in [6.07, 6.45) is 1.49. The highest BCUT2D eigenvalue weighted by Gasteiger charge is 2.10. The van der Waals surface area contributed by atoms with Gasteiger partial charge in [-0.15, -0.1) is 0 Å². The van der Waals surface area contributed by atoms with Crippen LogP contribution in [-0.4, -0.2) is 29.7 Å². The number of carbonyl (C=O) groups excluding carboxylic acids is 1. The van der Waals surface area contributed by atoms with Gasteiger partial charge in [0.15, 0.2) is 0 Å². The van der Waals surface area contributed by atoms with Crippen molar-refractivity contribution in [3.63, 3.8) is 0 Å². The summed E-state index contributed by atoms with van der Waals surface area (Å²) < 4.78 is 5.17. The molecule has 1 amide bonds. The summed E-state index contributed by atoms with van der Waals surface area (Å²) >= 11 is 0. The fourth-order valence-electron chi connectivity index (χ4n) is 1.68. The number of hydrogen-bond acceptors (Lipinski definition) is 4. The Morgan fingerprint density at radius 3 is 2.81 bits per heavy atom. The number of carbonyl (C=O) groups is 1. The topological polar surface area (TPSA) is 71.5 Å². The molecule has 1 aromatic heterocycles. The first-order valence-corrected chi connectivity index (χ1v) is 6.24. The molecule has 0 aliphatic heterocycles. The Hall–Kier alpha value is -2.84. The van der Waals surface area contributed by atoms with Gasteiger partial charge in [-0.3, -0.25) is 4.79 Å². The van der Waals surface area contributed by atoms with Crippen LogP contribution in [0.4, 0.5) is 5.69 Å². The maximum Gasteiger partial charge on any atom is 0.274 e. The zero-order valence-electron chi connectivity index (χ0n) is 11.5. The number of nitrogens with zero attached hydrogens (tertiary/aromatic N) is 1. The predicted octanol–water partition coefficient (Wildman–Crippen LogP) is 1.69. The molecule has 0 atom stereocenters. The molecule has 0 saturated heterocycles. The van der Waals surface area contributed by atoms with E-state index in [0.717, 1.165) is 0 Å². The predicted molar refractivity (Wildman–Crippen MR) is 79.1 cm³/mol. The zero-order chi connectivity index (χ0) is 15.1. The van der Waals surface area contributed by atoms with Crippen LogP contribution in [0.2, 0.25) is 0 Å². The lowest BCUT2D eigenvalue weighted by molar-refractivity contribution is 0.102. The summed E-state index contributed by atoms with van der Waals surface area (Å²) in [7, 11) is 1.54. The van der Waals surface area contributed by atoms with Crippen molar-refractivity contribution in [3.05, 3.63) is 53.9 Å². The Balaban J connectivity index is 2.13. The number of hydrogen-bond donors (Lipinski definition) is 2. The van der Waals surface area contributed by atoms with Gasteiger partial charge in [-0.1, -0.05) is 24.0 Å². The second-order valence-corrected chi connectivity index (χ2v) is 4.05. The van der Waals surface area contributed by atoms with E-state index in [1.165, 1.54) is 13.3 Å². The number of anilines is 1. The minimum absolute atomic E-state index is 0.212. The van der Waals surface area contributed by atoms with Gasteiger partial charge >= 0.3 is 0 Å². The first-order chi connectivity index (χ1) is 10.2. The maximum atomic E-state index is 12.1. The molecule has 0 aliphatic rings. The van der Waals surface area contributed by atoms with Crippen molar-refractivity contribution < 1.29 is 14.6 Å². The van der Waals surface area contributed by atoms with Crippen LogP contribution in [0.25, 0.3) is 0 Å². The van der Waals surface area contributed by atoms with Gasteiger partial charge in [-0.05, 0) is 24.3 Å². The maximum absolute atomic E-state index is 12.1. The van der Waals surface area contributed by atoms with Gasteiger partial charge in [0.2, 0.25) is 0 Å². The highest BCUT2D eigenvalue weighted by Crippen LogP contribution is 2.23. The van der Waals surface area contributed by atoms with Crippen LogP contribution < -0.4 is 10.1 Å². The van der Waals surface area contributed by atoms with Gasteiger partial charge in [0, 0.05) is 11.8 Å². The second-order valence-electron chi connectivity index (χ2n) is 4.05. The molecule has 5 heteroatoms. The molecule has 106 valence electrons. The number of aliphatic hydroxyl groups excluding tert-OH is 1. The van der Waals surface area contributed by atoms with Crippen molar-refractivity contribution in [2.45, 2.75) is 0 Å². The number of amides is 1. The van der Waals surface area contributed by atoms with Gasteiger partial charge in [0.1, 0.15) is 18.1 Å². The van der Waals surface area contributed by atoms with Crippen molar-refractivity contribution >= 4 is 11.6 Å². The summed E-state index contributed by atoms with van der Waals surface area (Å²) in [5.41, 5.74) is 1.49. The quantitative estimate of drug-likeness (QED) is 0.840. The minimum Gasteiger partial charge on any atom is -0.495 e. The van der Waals surface area contributed by atoms with Gasteiger partial charge in [-0.2, -0.15) is 0 Å². The molecule has 21 heavy (non-hydrogen) atoms. The number of nitrogens with one attached hydrogen (secondary N) is 1. The van der Waals surface area contributed by atoms with Gasteiger partial charge in [0.05, 0.1) is 12.8 Å². The SMILES string of the molecule is COc1ccccc1NC(=O)c1ccc(C#CCO)cn1. The van der Waals surface area contributed by atoms with E-state index >= 15 is 0 Å². The van der Waals surface area contributed by atoms with Crippen molar-refractivity contribution in [1.29, 1.82) is 0 Å². The van der Waals surface area contributed by atoms with Crippen molar-refractivity contribution in [2.75, 3.05) is 19.0 Å². The number of ether oxygens (including phenoxy) is 1. The summed E-state index contributed by atoms with van der Waals surface area (Å²) in [5, 5.41) is 11.4. The molecule has 5 nitrogen and oxygen atoms in total. The number of pyridine rings is 1. The Labute approximate surface area is 122 Å². The molecule has 1 heterocycles. The van der Waals surface area contributed by atoms with Gasteiger partial charge < -0.3 is 15.2 Å². The molecular weight excluding hydrogens is 268 g/mol. The summed E-state index contributed by atoms with van der Waals surface area (Å²) in [6, 6.07) is 10.4. The highest BCUT2D eigenvalue weighted by molar-refractivity contribution is 6.03. The molecule has 1 aromatic carbocycles. The van der Waals surface area contributed by atoms with E-state index in [1.54, 1.807) is 30.3 Å². The summed E-state index contributed by atoms with van der Waals surface area (Å²) in [6.45, 7) is -0.212. The third kappa shape index (κ3) is 3.81. The molecule has 0 radical (unpaired) electrons. The van der Waals surface area contributed by atoms with E-state index < -0.39 is 0 Å². The fourth-order valence-corrected chi connectivity index (χ4v) is 1.68. The van der Waals surface area contributed by atoms with Crippen LogP contribution in [0, 0.1) is 11.8 Å². The number of aromatic nitrogens is 1. The lowest BCUT2D eigenvalue weighted by Crippen LogP contribution is -2.14. The molecule has 2 rings (SSSR count). The van der Waals surface area contributed by atoms with Crippen LogP contribution in [-0.2, 0) is 0 Å². The number of aliphatic hydroxyl groups is 1. The first-order valence-electron chi connectivity index (χ1n) is 6.24. The molecule has 2 aromatic rings. The fraction of sp³-hybridized carbons (Fsp3) is 0.125. The lowest BCUT2D eigenvalue weighted by atomic mass is 10.2. The normalized spacial score (nSPS) is 9.43. The smallest absolute Gasteiger partial charge is 0.274 e. The average Bonchev–Trinajstić information content (AvgIpc) is 2.54. The Morgan fingerprint density at radius 2 is 2.14 bits per heavy atom. The number of methoxy groups -OCH3 is 1. The van der Waals surface area contributed by atoms with Crippen molar-refractivity contribution in [3.8, 4) is 17.6 Å². The van der Waals surface area contributed by atoms with E-state index in [2.05, 4.69) is 22.1 Å². The average molecular weight is 282 g/mol. The van der Waals surface area contributed by atoms with Crippen molar-refractivity contribution in [2.24, 2.45) is 0 Å². The zero-order valence-corrected chi connectivity index (χ0v) is 11.5. The van der Waals surface area contributed by atoms with Crippen LogP contribution in [0.15, 0.2) is 42.6 Å². The summed E-state index contributed by atoms with van der Waals surface area (Å²) in [5.74, 6) is 5.48. The van der Waals surface area contributed by atoms with E-state index in [9.17, 15) is 4.79 Å². The minimum atomic E-state index is -0.332. The van der Waals surface area contributed by atoms with E-state index in [4.69, 9.17) is 9.84 Å². The monoisotopic (exact) mass is 282 g/mol. The standard InChI is InChI=1S/C16H14N2O3/c1-21-15-7-3-2-6-13(15)18-16(20)14-9-8-12(11-17-14)5-4-10-19/h2-3,6-9,11,19H,10H2,1H3,(H,18,20). The molecular formula is C16H14N2O3. The van der Waals surface area contributed by atoms with Crippen LogP contribution in [0.3, 0.4) is 0 Å². The third-order valence-electron chi connectivity index (χ3n) is 2.66. The number of rotatable bonds is 3. The van der Waals surface area contributed by atoms with Crippen LogP contribution in [0.1, 0.15) is 16.1 Å². The Morgan fingerprint density at radius 1 is 1.33 bits per heavy atom.